The first kappa shape index (κ1) is 13.4. The predicted molar refractivity (Wildman–Crippen MR) is 70.0 cm³/mol. The van der Waals surface area contributed by atoms with Gasteiger partial charge in [0.25, 0.3) is 0 Å². The first-order valence-electron chi connectivity index (χ1n) is 7.66. The van der Waals surface area contributed by atoms with Crippen molar-refractivity contribution in [1.29, 1.82) is 0 Å². The summed E-state index contributed by atoms with van der Waals surface area (Å²) >= 11 is 0. The molecule has 2 atom stereocenters. The van der Waals surface area contributed by atoms with Crippen LogP contribution in [0.3, 0.4) is 0 Å². The second-order valence-electron chi connectivity index (χ2n) is 5.88. The summed E-state index contributed by atoms with van der Waals surface area (Å²) in [5.74, 6) is 0.566. The highest BCUT2D eigenvalue weighted by atomic mass is 16.5. The molecule has 1 aliphatic carbocycles. The van der Waals surface area contributed by atoms with Gasteiger partial charge in [-0.25, -0.2) is 0 Å². The molecule has 0 aromatic heterocycles. The lowest BCUT2D eigenvalue weighted by molar-refractivity contribution is 0.0511. The lowest BCUT2D eigenvalue weighted by Crippen LogP contribution is -2.23. The van der Waals surface area contributed by atoms with E-state index in [-0.39, 0.29) is 6.10 Å². The van der Waals surface area contributed by atoms with E-state index in [0.29, 0.717) is 12.0 Å². The summed E-state index contributed by atoms with van der Waals surface area (Å²) in [5, 5.41) is 10.3. The molecule has 17 heavy (non-hydrogen) atoms. The number of rotatable bonds is 4. The van der Waals surface area contributed by atoms with Crippen LogP contribution in [0.4, 0.5) is 0 Å². The van der Waals surface area contributed by atoms with Crippen molar-refractivity contribution in [1.82, 2.24) is 0 Å². The maximum Gasteiger partial charge on any atom is 0.0577 e. The van der Waals surface area contributed by atoms with Crippen molar-refractivity contribution in [3.8, 4) is 0 Å². The molecular weight excluding hydrogens is 212 g/mol. The number of aliphatic hydroxyl groups excluding tert-OH is 1. The largest absolute Gasteiger partial charge is 0.393 e. The van der Waals surface area contributed by atoms with Gasteiger partial charge in [0.05, 0.1) is 12.2 Å². The fraction of sp³-hybridized carbons (Fsp3) is 1.00. The monoisotopic (exact) mass is 240 g/mol. The van der Waals surface area contributed by atoms with E-state index in [0.717, 1.165) is 19.4 Å². The van der Waals surface area contributed by atoms with Gasteiger partial charge in [-0.1, -0.05) is 32.1 Å². The van der Waals surface area contributed by atoms with E-state index in [1.54, 1.807) is 0 Å². The zero-order valence-corrected chi connectivity index (χ0v) is 11.1. The van der Waals surface area contributed by atoms with Crippen LogP contribution >= 0.6 is 0 Å². The second-order valence-corrected chi connectivity index (χ2v) is 5.88. The first-order chi connectivity index (χ1) is 8.36. The third-order valence-electron chi connectivity index (χ3n) is 4.50. The number of hydrogen-bond donors (Lipinski definition) is 1. The Bertz CT molecular complexity index is 191. The summed E-state index contributed by atoms with van der Waals surface area (Å²) in [5.41, 5.74) is 0. The van der Waals surface area contributed by atoms with Crippen LogP contribution < -0.4 is 0 Å². The third-order valence-corrected chi connectivity index (χ3v) is 4.50. The topological polar surface area (TPSA) is 29.5 Å². The molecule has 2 unspecified atom stereocenters. The molecule has 2 nitrogen and oxygen atoms in total. The van der Waals surface area contributed by atoms with Crippen LogP contribution in [0.25, 0.3) is 0 Å². The van der Waals surface area contributed by atoms with Crippen LogP contribution in [0.1, 0.15) is 70.6 Å². The zero-order chi connectivity index (χ0) is 11.9. The molecule has 0 radical (unpaired) electrons. The molecule has 2 aliphatic rings. The fourth-order valence-corrected chi connectivity index (χ4v) is 3.34. The molecule has 0 amide bonds. The summed E-state index contributed by atoms with van der Waals surface area (Å²) in [4.78, 5) is 0. The van der Waals surface area contributed by atoms with Crippen LogP contribution in [0.5, 0.6) is 0 Å². The van der Waals surface area contributed by atoms with Gasteiger partial charge in [0.2, 0.25) is 0 Å². The standard InChI is InChI=1S/C15H28O2/c16-15(11-10-14-9-6-12-17-14)13-7-4-2-1-3-5-8-13/h13-16H,1-12H2. The molecule has 1 aliphatic heterocycles. The van der Waals surface area contributed by atoms with Crippen LogP contribution in [0.15, 0.2) is 0 Å². The van der Waals surface area contributed by atoms with E-state index < -0.39 is 0 Å². The summed E-state index contributed by atoms with van der Waals surface area (Å²) in [6.07, 6.45) is 14.1. The fourth-order valence-electron chi connectivity index (χ4n) is 3.34. The summed E-state index contributed by atoms with van der Waals surface area (Å²) in [6.45, 7) is 0.935. The van der Waals surface area contributed by atoms with Crippen LogP contribution in [-0.2, 0) is 4.74 Å². The van der Waals surface area contributed by atoms with E-state index >= 15 is 0 Å². The quantitative estimate of drug-likeness (QED) is 0.812. The van der Waals surface area contributed by atoms with Gasteiger partial charge in [0, 0.05) is 6.61 Å². The summed E-state index contributed by atoms with van der Waals surface area (Å²) < 4.78 is 5.62. The molecule has 2 heteroatoms. The second kappa shape index (κ2) is 7.38. The Morgan fingerprint density at radius 2 is 1.65 bits per heavy atom. The Labute approximate surface area is 106 Å². The highest BCUT2D eigenvalue weighted by Gasteiger charge is 2.22. The van der Waals surface area contributed by atoms with Gasteiger partial charge >= 0.3 is 0 Å². The van der Waals surface area contributed by atoms with E-state index in [1.165, 1.54) is 57.8 Å². The van der Waals surface area contributed by atoms with Crippen molar-refractivity contribution < 1.29 is 9.84 Å². The van der Waals surface area contributed by atoms with Crippen LogP contribution in [-0.4, -0.2) is 23.9 Å². The Morgan fingerprint density at radius 1 is 0.941 bits per heavy atom. The Morgan fingerprint density at radius 3 is 2.29 bits per heavy atom. The molecule has 1 saturated carbocycles. The molecule has 2 fully saturated rings. The summed E-state index contributed by atoms with van der Waals surface area (Å²) in [6, 6.07) is 0. The number of hydrogen-bond acceptors (Lipinski definition) is 2. The van der Waals surface area contributed by atoms with Crippen LogP contribution in [0.2, 0.25) is 0 Å². The van der Waals surface area contributed by atoms with Crippen molar-refractivity contribution in [2.45, 2.75) is 82.8 Å². The molecule has 0 bridgehead atoms. The third kappa shape index (κ3) is 4.59. The molecule has 1 N–H and O–H groups in total. The number of ether oxygens (including phenoxy) is 1. The maximum absolute atomic E-state index is 10.3. The number of aliphatic hydroxyl groups is 1. The molecular formula is C15H28O2. The highest BCUT2D eigenvalue weighted by Crippen LogP contribution is 2.28. The van der Waals surface area contributed by atoms with E-state index in [1.807, 2.05) is 0 Å². The molecule has 0 aromatic carbocycles. The van der Waals surface area contributed by atoms with Crippen molar-refractivity contribution in [3.05, 3.63) is 0 Å². The first-order valence-corrected chi connectivity index (χ1v) is 7.66. The smallest absolute Gasteiger partial charge is 0.0577 e. The van der Waals surface area contributed by atoms with Gasteiger partial charge in [-0.3, -0.25) is 0 Å². The highest BCUT2D eigenvalue weighted by molar-refractivity contribution is 4.74. The van der Waals surface area contributed by atoms with E-state index in [2.05, 4.69) is 0 Å². The minimum Gasteiger partial charge on any atom is -0.393 e. The van der Waals surface area contributed by atoms with Gasteiger partial charge in [0.15, 0.2) is 0 Å². The van der Waals surface area contributed by atoms with Gasteiger partial charge in [-0.15, -0.1) is 0 Å². The average molecular weight is 240 g/mol. The van der Waals surface area contributed by atoms with Gasteiger partial charge < -0.3 is 9.84 Å². The minimum atomic E-state index is -0.0719. The normalized spacial score (nSPS) is 29.8. The van der Waals surface area contributed by atoms with Gasteiger partial charge in [-0.05, 0) is 44.4 Å². The van der Waals surface area contributed by atoms with Gasteiger partial charge in [0.1, 0.15) is 0 Å². The Kier molecular flexibility index (Phi) is 5.79. The molecule has 1 heterocycles. The van der Waals surface area contributed by atoms with E-state index in [4.69, 9.17) is 4.74 Å². The molecule has 0 spiro atoms. The molecule has 2 rings (SSSR count). The van der Waals surface area contributed by atoms with Crippen LogP contribution in [0, 0.1) is 5.92 Å². The maximum atomic E-state index is 10.3. The van der Waals surface area contributed by atoms with E-state index in [9.17, 15) is 5.11 Å². The van der Waals surface area contributed by atoms with Crippen molar-refractivity contribution in [3.63, 3.8) is 0 Å². The van der Waals surface area contributed by atoms with Crippen molar-refractivity contribution >= 4 is 0 Å². The molecule has 1 saturated heterocycles. The average Bonchev–Trinajstić information content (AvgIpc) is 2.78. The van der Waals surface area contributed by atoms with Gasteiger partial charge in [-0.2, -0.15) is 0 Å². The lowest BCUT2D eigenvalue weighted by Gasteiger charge is -2.25. The Hall–Kier alpha value is -0.0800. The van der Waals surface area contributed by atoms with Crippen molar-refractivity contribution in [2.24, 2.45) is 5.92 Å². The predicted octanol–water partition coefficient (Wildman–Crippen LogP) is 3.67. The summed E-state index contributed by atoms with van der Waals surface area (Å²) in [7, 11) is 0. The Balaban J connectivity index is 1.67. The molecule has 0 aromatic rings. The zero-order valence-electron chi connectivity index (χ0n) is 11.1. The lowest BCUT2D eigenvalue weighted by atomic mass is 9.85. The SMILES string of the molecule is OC(CCC1CCCO1)C1CCCCCCC1. The minimum absolute atomic E-state index is 0.0719. The van der Waals surface area contributed by atoms with Crippen molar-refractivity contribution in [2.75, 3.05) is 6.61 Å². The molecule has 100 valence electrons.